The van der Waals surface area contributed by atoms with E-state index in [2.05, 4.69) is 28.6 Å². The molecule has 0 radical (unpaired) electrons. The molecule has 74 valence electrons. The van der Waals surface area contributed by atoms with Crippen molar-refractivity contribution in [3.63, 3.8) is 0 Å². The van der Waals surface area contributed by atoms with Crippen LogP contribution in [0, 0.1) is 6.92 Å². The van der Waals surface area contributed by atoms with Crippen LogP contribution < -0.4 is 5.32 Å². The molecule has 0 spiro atoms. The van der Waals surface area contributed by atoms with Crippen LogP contribution in [0.1, 0.15) is 11.3 Å². The molecule has 1 N–H and O–H groups in total. The summed E-state index contributed by atoms with van der Waals surface area (Å²) in [5, 5.41) is 8.84. The van der Waals surface area contributed by atoms with E-state index in [0.29, 0.717) is 0 Å². The number of para-hydroxylation sites is 1. The van der Waals surface area contributed by atoms with Crippen molar-refractivity contribution < 1.29 is 0 Å². The van der Waals surface area contributed by atoms with Crippen LogP contribution in [0.15, 0.2) is 18.2 Å². The minimum atomic E-state index is 0.885. The monoisotopic (exact) mass is 189 g/mol. The second-order valence-electron chi connectivity index (χ2n) is 3.55. The summed E-state index contributed by atoms with van der Waals surface area (Å²) in [6, 6.07) is 6.35. The highest BCUT2D eigenvalue weighted by atomic mass is 15.3. The normalized spacial score (nSPS) is 11.1. The van der Waals surface area contributed by atoms with E-state index in [1.807, 2.05) is 25.7 Å². The lowest BCUT2D eigenvalue weighted by Crippen LogP contribution is -2.06. The maximum Gasteiger partial charge on any atom is 0.0726 e. The van der Waals surface area contributed by atoms with Crippen LogP contribution in [0.3, 0.4) is 0 Å². The third-order valence-electron chi connectivity index (χ3n) is 2.50. The third-order valence-corrected chi connectivity index (χ3v) is 2.50. The molecule has 3 heteroatoms. The van der Waals surface area contributed by atoms with Crippen molar-refractivity contribution in [2.45, 2.75) is 13.5 Å². The Hall–Kier alpha value is -1.35. The van der Waals surface area contributed by atoms with Crippen molar-refractivity contribution >= 4 is 10.9 Å². The number of nitrogens with one attached hydrogen (secondary N) is 1. The lowest BCUT2D eigenvalue weighted by Gasteiger charge is -2.03. The molecule has 0 saturated heterocycles. The SMILES string of the molecule is CNCc1cccc2c(C)nn(C)c12. The number of nitrogens with zero attached hydrogens (tertiary/aromatic N) is 2. The van der Waals surface area contributed by atoms with E-state index < -0.39 is 0 Å². The van der Waals surface area contributed by atoms with Crippen LogP contribution in [0.5, 0.6) is 0 Å². The zero-order chi connectivity index (χ0) is 10.1. The van der Waals surface area contributed by atoms with Gasteiger partial charge in [0, 0.05) is 19.0 Å². The van der Waals surface area contributed by atoms with Crippen LogP contribution in [-0.2, 0) is 13.6 Å². The van der Waals surface area contributed by atoms with E-state index in [-0.39, 0.29) is 0 Å². The first kappa shape index (κ1) is 9.21. The largest absolute Gasteiger partial charge is 0.316 e. The van der Waals surface area contributed by atoms with Gasteiger partial charge < -0.3 is 5.32 Å². The van der Waals surface area contributed by atoms with Gasteiger partial charge in [-0.1, -0.05) is 18.2 Å². The highest BCUT2D eigenvalue weighted by Crippen LogP contribution is 2.20. The van der Waals surface area contributed by atoms with Crippen LogP contribution >= 0.6 is 0 Å². The number of hydrogen-bond acceptors (Lipinski definition) is 2. The van der Waals surface area contributed by atoms with Gasteiger partial charge in [0.2, 0.25) is 0 Å². The molecule has 0 bridgehead atoms. The van der Waals surface area contributed by atoms with Crippen molar-refractivity contribution in [2.75, 3.05) is 7.05 Å². The first-order chi connectivity index (χ1) is 6.74. The van der Waals surface area contributed by atoms with Gasteiger partial charge in [-0.25, -0.2) is 0 Å². The standard InChI is InChI=1S/C11H15N3/c1-8-10-6-4-5-9(7-12-2)11(10)14(3)13-8/h4-6,12H,7H2,1-3H3. The van der Waals surface area contributed by atoms with Crippen molar-refractivity contribution in [1.82, 2.24) is 15.1 Å². The van der Waals surface area contributed by atoms with Gasteiger partial charge in [-0.15, -0.1) is 0 Å². The highest BCUT2D eigenvalue weighted by Gasteiger charge is 2.07. The number of aromatic nitrogens is 2. The molecule has 1 aromatic carbocycles. The summed E-state index contributed by atoms with van der Waals surface area (Å²) in [6.45, 7) is 2.93. The zero-order valence-corrected chi connectivity index (χ0v) is 8.83. The quantitative estimate of drug-likeness (QED) is 0.777. The van der Waals surface area contributed by atoms with Gasteiger partial charge in [-0.3, -0.25) is 4.68 Å². The Morgan fingerprint density at radius 3 is 2.93 bits per heavy atom. The first-order valence-electron chi connectivity index (χ1n) is 4.80. The van der Waals surface area contributed by atoms with E-state index in [4.69, 9.17) is 0 Å². The van der Waals surface area contributed by atoms with Gasteiger partial charge in [0.15, 0.2) is 0 Å². The minimum absolute atomic E-state index is 0.885. The van der Waals surface area contributed by atoms with Crippen LogP contribution in [0.25, 0.3) is 10.9 Å². The van der Waals surface area contributed by atoms with Gasteiger partial charge in [0.25, 0.3) is 0 Å². The van der Waals surface area contributed by atoms with E-state index in [1.54, 1.807) is 0 Å². The smallest absolute Gasteiger partial charge is 0.0726 e. The second kappa shape index (κ2) is 3.42. The molecular formula is C11H15N3. The van der Waals surface area contributed by atoms with Gasteiger partial charge in [-0.2, -0.15) is 5.10 Å². The van der Waals surface area contributed by atoms with Crippen molar-refractivity contribution in [3.8, 4) is 0 Å². The van der Waals surface area contributed by atoms with E-state index >= 15 is 0 Å². The third kappa shape index (κ3) is 1.30. The predicted molar refractivity (Wildman–Crippen MR) is 58.2 cm³/mol. The van der Waals surface area contributed by atoms with E-state index in [9.17, 15) is 0 Å². The van der Waals surface area contributed by atoms with Crippen molar-refractivity contribution in [1.29, 1.82) is 0 Å². The van der Waals surface area contributed by atoms with Crippen LogP contribution in [-0.4, -0.2) is 16.8 Å². The second-order valence-corrected chi connectivity index (χ2v) is 3.55. The number of fused-ring (bicyclic) bond motifs is 1. The molecule has 0 amide bonds. The Morgan fingerprint density at radius 1 is 1.43 bits per heavy atom. The Balaban J connectivity index is 2.72. The minimum Gasteiger partial charge on any atom is -0.316 e. The van der Waals surface area contributed by atoms with Crippen LogP contribution in [0.4, 0.5) is 0 Å². The molecule has 14 heavy (non-hydrogen) atoms. The average molecular weight is 189 g/mol. The molecule has 2 rings (SSSR count). The summed E-state index contributed by atoms with van der Waals surface area (Å²) in [6.07, 6.45) is 0. The molecule has 1 heterocycles. The molecular weight excluding hydrogens is 174 g/mol. The molecule has 0 aliphatic carbocycles. The Bertz CT molecular complexity index is 457. The first-order valence-corrected chi connectivity index (χ1v) is 4.80. The summed E-state index contributed by atoms with van der Waals surface area (Å²) < 4.78 is 1.96. The number of benzene rings is 1. The van der Waals surface area contributed by atoms with Gasteiger partial charge >= 0.3 is 0 Å². The molecule has 0 aliphatic rings. The van der Waals surface area contributed by atoms with E-state index in [1.165, 1.54) is 16.5 Å². The van der Waals surface area contributed by atoms with Gasteiger partial charge in [0.05, 0.1) is 11.2 Å². The fourth-order valence-electron chi connectivity index (χ4n) is 1.93. The zero-order valence-electron chi connectivity index (χ0n) is 8.83. The summed E-state index contributed by atoms with van der Waals surface area (Å²) >= 11 is 0. The summed E-state index contributed by atoms with van der Waals surface area (Å²) in [5.41, 5.74) is 3.63. The molecule has 3 nitrogen and oxygen atoms in total. The summed E-state index contributed by atoms with van der Waals surface area (Å²) in [4.78, 5) is 0. The molecule has 0 atom stereocenters. The molecule has 1 aromatic heterocycles. The Morgan fingerprint density at radius 2 is 2.21 bits per heavy atom. The molecule has 0 saturated carbocycles. The maximum atomic E-state index is 4.42. The maximum absolute atomic E-state index is 4.42. The number of rotatable bonds is 2. The Labute approximate surface area is 83.7 Å². The molecule has 0 aliphatic heterocycles. The lowest BCUT2D eigenvalue weighted by atomic mass is 10.1. The average Bonchev–Trinajstić information content (AvgIpc) is 2.44. The summed E-state index contributed by atoms with van der Waals surface area (Å²) in [5.74, 6) is 0. The molecule has 0 unspecified atom stereocenters. The predicted octanol–water partition coefficient (Wildman–Crippen LogP) is 1.60. The van der Waals surface area contributed by atoms with Gasteiger partial charge in [0.1, 0.15) is 0 Å². The lowest BCUT2D eigenvalue weighted by molar-refractivity contribution is 0.766. The van der Waals surface area contributed by atoms with Gasteiger partial charge in [-0.05, 0) is 19.5 Å². The van der Waals surface area contributed by atoms with E-state index in [0.717, 1.165) is 12.2 Å². The number of aryl methyl sites for hydroxylation is 2. The Kier molecular flexibility index (Phi) is 2.25. The van der Waals surface area contributed by atoms with Crippen molar-refractivity contribution in [2.24, 2.45) is 7.05 Å². The highest BCUT2D eigenvalue weighted by molar-refractivity contribution is 5.84. The van der Waals surface area contributed by atoms with Crippen molar-refractivity contribution in [3.05, 3.63) is 29.5 Å². The fourth-order valence-corrected chi connectivity index (χ4v) is 1.93. The topological polar surface area (TPSA) is 29.9 Å². The number of hydrogen-bond donors (Lipinski definition) is 1. The van der Waals surface area contributed by atoms with Crippen LogP contribution in [0.2, 0.25) is 0 Å². The molecule has 2 aromatic rings. The molecule has 0 fully saturated rings. The fraction of sp³-hybridized carbons (Fsp3) is 0.364. The summed E-state index contributed by atoms with van der Waals surface area (Å²) in [7, 11) is 3.95.